The van der Waals surface area contributed by atoms with E-state index < -0.39 is 24.3 Å². The van der Waals surface area contributed by atoms with E-state index in [-0.39, 0.29) is 17.8 Å². The van der Waals surface area contributed by atoms with Crippen LogP contribution >= 0.6 is 0 Å². The smallest absolute Gasteiger partial charge is 0.333 e. The quantitative estimate of drug-likeness (QED) is 0.340. The van der Waals surface area contributed by atoms with Crippen molar-refractivity contribution in [1.82, 2.24) is 0 Å². The number of carbonyl (C=O) groups excluding carboxylic acids is 3. The normalized spacial score (nSPS) is 17.4. The highest BCUT2D eigenvalue weighted by atomic mass is 16.6. The Morgan fingerprint density at radius 1 is 1.07 bits per heavy atom. The van der Waals surface area contributed by atoms with E-state index in [1.54, 1.807) is 0 Å². The van der Waals surface area contributed by atoms with Gasteiger partial charge in [0.1, 0.15) is 11.9 Å². The molecule has 2 unspecified atom stereocenters. The minimum atomic E-state index is -1.45. The Bertz CT molecular complexity index is 511. The van der Waals surface area contributed by atoms with Crippen LogP contribution in [0.3, 0.4) is 0 Å². The number of esters is 2. The minimum absolute atomic E-state index is 0.0451. The summed E-state index contributed by atoms with van der Waals surface area (Å²) in [5, 5.41) is 9.71. The van der Waals surface area contributed by atoms with Gasteiger partial charge in [-0.1, -0.05) is 64.7 Å². The van der Waals surface area contributed by atoms with Gasteiger partial charge in [-0.3, -0.25) is 9.59 Å². The summed E-state index contributed by atoms with van der Waals surface area (Å²) in [5.74, 6) is -1.32. The van der Waals surface area contributed by atoms with Crippen molar-refractivity contribution < 1.29 is 29.0 Å². The monoisotopic (exact) mass is 382 g/mol. The molecule has 0 saturated heterocycles. The molecule has 1 N–H and O–H groups in total. The van der Waals surface area contributed by atoms with Gasteiger partial charge in [-0.2, -0.15) is 0 Å². The second-order valence-electron chi connectivity index (χ2n) is 7.21. The second kappa shape index (κ2) is 13.5. The predicted molar refractivity (Wildman–Crippen MR) is 102 cm³/mol. The van der Waals surface area contributed by atoms with Crippen molar-refractivity contribution in [1.29, 1.82) is 0 Å². The van der Waals surface area contributed by atoms with Crippen molar-refractivity contribution in [3.05, 3.63) is 11.6 Å². The van der Waals surface area contributed by atoms with Gasteiger partial charge in [-0.15, -0.1) is 0 Å². The van der Waals surface area contributed by atoms with E-state index in [0.717, 1.165) is 25.3 Å². The number of ketones is 1. The number of unbranched alkanes of at least 4 members (excludes halogenated alkanes) is 9. The minimum Gasteiger partial charge on any atom is -0.457 e. The average Bonchev–Trinajstić information content (AvgIpc) is 2.94. The van der Waals surface area contributed by atoms with Crippen LogP contribution in [-0.2, 0) is 23.9 Å². The largest absolute Gasteiger partial charge is 0.457 e. The van der Waals surface area contributed by atoms with E-state index >= 15 is 0 Å². The molecule has 1 aliphatic heterocycles. The topological polar surface area (TPSA) is 89.9 Å². The van der Waals surface area contributed by atoms with E-state index in [2.05, 4.69) is 11.7 Å². The lowest BCUT2D eigenvalue weighted by atomic mass is 10.00. The van der Waals surface area contributed by atoms with Gasteiger partial charge >= 0.3 is 11.9 Å². The van der Waals surface area contributed by atoms with E-state index in [1.807, 2.05) is 0 Å². The van der Waals surface area contributed by atoms with E-state index in [4.69, 9.17) is 4.74 Å². The zero-order valence-electron chi connectivity index (χ0n) is 16.7. The molecule has 2 atom stereocenters. The van der Waals surface area contributed by atoms with Crippen LogP contribution in [0.15, 0.2) is 11.6 Å². The van der Waals surface area contributed by atoms with Crippen molar-refractivity contribution in [2.75, 3.05) is 0 Å². The zero-order chi connectivity index (χ0) is 20.1. The van der Waals surface area contributed by atoms with Gasteiger partial charge in [0.2, 0.25) is 6.29 Å². The number of rotatable bonds is 15. The second-order valence-corrected chi connectivity index (χ2v) is 7.21. The predicted octanol–water partition coefficient (Wildman–Crippen LogP) is 3.99. The summed E-state index contributed by atoms with van der Waals surface area (Å²) in [6, 6.07) is 0. The van der Waals surface area contributed by atoms with Crippen LogP contribution in [0.2, 0.25) is 0 Å². The van der Waals surface area contributed by atoms with Crippen LogP contribution in [0, 0.1) is 0 Å². The zero-order valence-corrected chi connectivity index (χ0v) is 16.7. The molecule has 0 radical (unpaired) electrons. The van der Waals surface area contributed by atoms with Gasteiger partial charge in [0, 0.05) is 31.4 Å². The molecule has 6 nitrogen and oxygen atoms in total. The lowest BCUT2D eigenvalue weighted by Crippen LogP contribution is -2.27. The maximum absolute atomic E-state index is 12.2. The molecule has 0 aliphatic carbocycles. The first-order valence-electron chi connectivity index (χ1n) is 10.2. The summed E-state index contributed by atoms with van der Waals surface area (Å²) < 4.78 is 9.71. The molecule has 1 rings (SSSR count). The number of hydrogen-bond acceptors (Lipinski definition) is 6. The Kier molecular flexibility index (Phi) is 11.7. The van der Waals surface area contributed by atoms with Crippen molar-refractivity contribution in [2.24, 2.45) is 0 Å². The molecule has 0 bridgehead atoms. The van der Waals surface area contributed by atoms with Crippen LogP contribution in [0.1, 0.15) is 90.9 Å². The number of aliphatic hydroxyl groups excluding tert-OH is 1. The maximum atomic E-state index is 12.2. The Morgan fingerprint density at radius 3 is 2.11 bits per heavy atom. The van der Waals surface area contributed by atoms with Gasteiger partial charge < -0.3 is 14.6 Å². The molecule has 27 heavy (non-hydrogen) atoms. The third-order valence-corrected chi connectivity index (χ3v) is 4.70. The molecule has 0 aromatic heterocycles. The summed E-state index contributed by atoms with van der Waals surface area (Å²) in [7, 11) is 0. The fourth-order valence-electron chi connectivity index (χ4n) is 3.22. The van der Waals surface area contributed by atoms with E-state index in [9.17, 15) is 19.5 Å². The number of ether oxygens (including phenoxy) is 2. The number of hydrogen-bond donors (Lipinski definition) is 1. The first-order chi connectivity index (χ1) is 12.9. The molecule has 1 aliphatic rings. The van der Waals surface area contributed by atoms with Crippen molar-refractivity contribution in [2.45, 2.75) is 103 Å². The van der Waals surface area contributed by atoms with Gasteiger partial charge in [0.05, 0.1) is 0 Å². The highest BCUT2D eigenvalue weighted by Crippen LogP contribution is 2.23. The Hall–Kier alpha value is -1.69. The number of aliphatic hydroxyl groups is 1. The highest BCUT2D eigenvalue weighted by molar-refractivity contribution is 5.87. The molecule has 0 saturated carbocycles. The Morgan fingerprint density at radius 2 is 1.63 bits per heavy atom. The van der Waals surface area contributed by atoms with Gasteiger partial charge in [-0.25, -0.2) is 4.79 Å². The first kappa shape index (κ1) is 23.3. The summed E-state index contributed by atoms with van der Waals surface area (Å²) in [6.45, 7) is 3.44. The van der Waals surface area contributed by atoms with Crippen molar-refractivity contribution >= 4 is 17.7 Å². The average molecular weight is 382 g/mol. The van der Waals surface area contributed by atoms with Crippen molar-refractivity contribution in [3.63, 3.8) is 0 Å². The lowest BCUT2D eigenvalue weighted by molar-refractivity contribution is -0.154. The molecule has 0 amide bonds. The summed E-state index contributed by atoms with van der Waals surface area (Å²) in [6.07, 6.45) is 11.0. The third-order valence-electron chi connectivity index (χ3n) is 4.70. The molecule has 0 fully saturated rings. The van der Waals surface area contributed by atoms with Gasteiger partial charge in [0.25, 0.3) is 0 Å². The molecule has 0 spiro atoms. The molecule has 1 heterocycles. The fraction of sp³-hybridized carbons (Fsp3) is 0.762. The summed E-state index contributed by atoms with van der Waals surface area (Å²) >= 11 is 0. The number of carbonyl (C=O) groups is 3. The third kappa shape index (κ3) is 10.3. The van der Waals surface area contributed by atoms with Crippen LogP contribution in [0.5, 0.6) is 0 Å². The highest BCUT2D eigenvalue weighted by Gasteiger charge is 2.33. The summed E-state index contributed by atoms with van der Waals surface area (Å²) in [4.78, 5) is 34.7. The Balaban J connectivity index is 2.22. The molecular weight excluding hydrogens is 348 g/mol. The molecule has 0 aromatic carbocycles. The maximum Gasteiger partial charge on any atom is 0.333 e. The van der Waals surface area contributed by atoms with Crippen molar-refractivity contribution in [3.8, 4) is 0 Å². The SMILES string of the molecule is CCCCCCCCCCCCC(=O)CC(OC(C)=O)C1=CC(=O)OC1O. The van der Waals surface area contributed by atoms with Crippen LogP contribution in [0.4, 0.5) is 0 Å². The Labute approximate surface area is 162 Å². The van der Waals surface area contributed by atoms with E-state index in [1.165, 1.54) is 51.9 Å². The lowest BCUT2D eigenvalue weighted by Gasteiger charge is -2.19. The first-order valence-corrected chi connectivity index (χ1v) is 10.2. The molecular formula is C21H34O6. The number of Topliss-reactive ketones (excluding diaryl/α,β-unsaturated/α-hetero) is 1. The van der Waals surface area contributed by atoms with Crippen LogP contribution in [-0.4, -0.2) is 35.2 Å². The summed E-state index contributed by atoms with van der Waals surface area (Å²) in [5.41, 5.74) is 0.131. The fourth-order valence-corrected chi connectivity index (χ4v) is 3.22. The van der Waals surface area contributed by atoms with Gasteiger partial charge in [0.15, 0.2) is 0 Å². The van der Waals surface area contributed by atoms with Crippen LogP contribution in [0.25, 0.3) is 0 Å². The van der Waals surface area contributed by atoms with Gasteiger partial charge in [-0.05, 0) is 6.42 Å². The molecule has 0 aromatic rings. The standard InChI is InChI=1S/C21H34O6/c1-3-4-5-6-7-8-9-10-11-12-13-17(23)14-19(26-16(2)22)18-15-20(24)27-21(18)25/h15,19,21,25H,3-14H2,1-2H3. The number of cyclic esters (lactones) is 1. The van der Waals surface area contributed by atoms with E-state index in [0.29, 0.717) is 6.42 Å². The van der Waals surface area contributed by atoms with Crippen LogP contribution < -0.4 is 0 Å². The molecule has 154 valence electrons. The molecule has 6 heteroatoms.